The lowest BCUT2D eigenvalue weighted by atomic mass is 9.93. The molecule has 5 nitrogen and oxygen atoms in total. The van der Waals surface area contributed by atoms with Crippen LogP contribution in [0.15, 0.2) is 46.4 Å². The highest BCUT2D eigenvalue weighted by Crippen LogP contribution is 2.50. The number of allylic oxidation sites excluding steroid dienone is 2. The molecule has 1 atom stereocenters. The third-order valence-electron chi connectivity index (χ3n) is 5.76. The second kappa shape index (κ2) is 6.59. The maximum atomic E-state index is 10.8. The van der Waals surface area contributed by atoms with Crippen LogP contribution in [0.2, 0.25) is 0 Å². The van der Waals surface area contributed by atoms with Gasteiger partial charge in [0.05, 0.1) is 11.1 Å². The number of aromatic hydroxyl groups is 2. The highest BCUT2D eigenvalue weighted by atomic mass is 16.5. The summed E-state index contributed by atoms with van der Waals surface area (Å²) < 4.78 is 18.4. The largest absolute Gasteiger partial charge is 0.508 e. The molecule has 0 spiro atoms. The Hall–Kier alpha value is -3.34. The monoisotopic (exact) mass is 404 g/mol. The van der Waals surface area contributed by atoms with E-state index in [2.05, 4.69) is 19.9 Å². The second-order valence-corrected chi connectivity index (χ2v) is 8.46. The van der Waals surface area contributed by atoms with Crippen LogP contribution in [0.1, 0.15) is 44.7 Å². The van der Waals surface area contributed by atoms with Gasteiger partial charge in [-0.25, -0.2) is 0 Å². The molecule has 2 aliphatic rings. The normalized spacial score (nSPS) is 18.8. The van der Waals surface area contributed by atoms with E-state index in [9.17, 15) is 10.2 Å². The van der Waals surface area contributed by atoms with Crippen molar-refractivity contribution in [1.82, 2.24) is 0 Å². The van der Waals surface area contributed by atoms with Gasteiger partial charge in [-0.1, -0.05) is 11.6 Å². The average Bonchev–Trinajstić information content (AvgIpc) is 3.06. The van der Waals surface area contributed by atoms with Gasteiger partial charge in [0, 0.05) is 17.0 Å². The number of phenols is 2. The number of rotatable bonds is 3. The first-order chi connectivity index (χ1) is 14.3. The zero-order valence-corrected chi connectivity index (χ0v) is 17.3. The molecule has 2 N–H and O–H groups in total. The predicted molar refractivity (Wildman–Crippen MR) is 116 cm³/mol. The summed E-state index contributed by atoms with van der Waals surface area (Å²) in [6.07, 6.45) is 7.92. The van der Waals surface area contributed by atoms with E-state index in [0.29, 0.717) is 29.4 Å². The van der Waals surface area contributed by atoms with Crippen LogP contribution in [-0.4, -0.2) is 15.8 Å². The lowest BCUT2D eigenvalue weighted by Crippen LogP contribution is -2.31. The zero-order valence-electron chi connectivity index (χ0n) is 17.3. The molecule has 0 fully saturated rings. The first kappa shape index (κ1) is 18.7. The molecule has 2 aliphatic heterocycles. The van der Waals surface area contributed by atoms with Gasteiger partial charge >= 0.3 is 0 Å². The topological polar surface area (TPSA) is 72.1 Å². The Morgan fingerprint density at radius 1 is 1.20 bits per heavy atom. The van der Waals surface area contributed by atoms with E-state index in [1.807, 2.05) is 19.1 Å². The highest BCUT2D eigenvalue weighted by Gasteiger charge is 2.33. The number of hydrogen-bond acceptors (Lipinski definition) is 5. The molecule has 5 rings (SSSR count). The Balaban J connectivity index is 1.60. The summed E-state index contributed by atoms with van der Waals surface area (Å²) in [4.78, 5) is 0. The molecule has 1 aromatic heterocycles. The number of furan rings is 1. The summed E-state index contributed by atoms with van der Waals surface area (Å²) in [5.74, 6) is 1.97. The van der Waals surface area contributed by atoms with Gasteiger partial charge < -0.3 is 24.1 Å². The van der Waals surface area contributed by atoms with Crippen LogP contribution >= 0.6 is 0 Å². The van der Waals surface area contributed by atoms with Crippen LogP contribution in [0.5, 0.6) is 23.0 Å². The Labute approximate surface area is 174 Å². The molecule has 3 aromatic rings. The van der Waals surface area contributed by atoms with Crippen LogP contribution in [0.25, 0.3) is 28.4 Å². The van der Waals surface area contributed by atoms with Gasteiger partial charge in [0.15, 0.2) is 11.5 Å². The maximum absolute atomic E-state index is 10.8. The Morgan fingerprint density at radius 2 is 2.03 bits per heavy atom. The molecule has 0 saturated carbocycles. The molecule has 0 bridgehead atoms. The number of fused-ring (bicyclic) bond motifs is 7. The summed E-state index contributed by atoms with van der Waals surface area (Å²) in [5.41, 5.74) is 3.85. The van der Waals surface area contributed by atoms with Crippen molar-refractivity contribution >= 4 is 17.0 Å². The first-order valence-corrected chi connectivity index (χ1v) is 10.1. The third-order valence-corrected chi connectivity index (χ3v) is 5.76. The van der Waals surface area contributed by atoms with Crippen LogP contribution in [0, 0.1) is 0 Å². The molecule has 0 unspecified atom stereocenters. The molecule has 0 aliphatic carbocycles. The summed E-state index contributed by atoms with van der Waals surface area (Å²) in [6.45, 7) is 6.50. The minimum atomic E-state index is -0.496. The molecule has 30 heavy (non-hydrogen) atoms. The highest BCUT2D eigenvalue weighted by molar-refractivity contribution is 5.98. The Bertz CT molecular complexity index is 1230. The van der Waals surface area contributed by atoms with Crippen molar-refractivity contribution in [2.24, 2.45) is 0 Å². The smallest absolute Gasteiger partial charge is 0.173 e. The first-order valence-electron chi connectivity index (χ1n) is 10.1. The van der Waals surface area contributed by atoms with Crippen molar-refractivity contribution in [2.45, 2.75) is 45.8 Å². The quantitative estimate of drug-likeness (QED) is 0.500. The third kappa shape index (κ3) is 2.93. The van der Waals surface area contributed by atoms with Crippen molar-refractivity contribution in [3.8, 4) is 34.3 Å². The van der Waals surface area contributed by atoms with Gasteiger partial charge in [0.25, 0.3) is 0 Å². The summed E-state index contributed by atoms with van der Waals surface area (Å²) in [5, 5.41) is 21.3. The summed E-state index contributed by atoms with van der Waals surface area (Å²) in [7, 11) is 0. The second-order valence-electron chi connectivity index (χ2n) is 8.46. The van der Waals surface area contributed by atoms with Crippen LogP contribution in [0.3, 0.4) is 0 Å². The van der Waals surface area contributed by atoms with E-state index in [0.717, 1.165) is 34.9 Å². The number of benzene rings is 2. The minimum absolute atomic E-state index is 0.0930. The van der Waals surface area contributed by atoms with Crippen molar-refractivity contribution in [2.75, 3.05) is 0 Å². The fourth-order valence-corrected chi connectivity index (χ4v) is 4.17. The fraction of sp³-hybridized carbons (Fsp3) is 0.280. The molecular formula is C25H24O5. The lowest BCUT2D eigenvalue weighted by molar-refractivity contribution is 0.124. The van der Waals surface area contributed by atoms with E-state index in [1.54, 1.807) is 24.3 Å². The van der Waals surface area contributed by atoms with Crippen LogP contribution in [-0.2, 0) is 6.61 Å². The van der Waals surface area contributed by atoms with E-state index < -0.39 is 5.60 Å². The number of ether oxygens (including phenoxy) is 2. The van der Waals surface area contributed by atoms with Gasteiger partial charge in [-0.2, -0.15) is 0 Å². The van der Waals surface area contributed by atoms with Gasteiger partial charge in [-0.15, -0.1) is 0 Å². The molecule has 3 heterocycles. The minimum Gasteiger partial charge on any atom is -0.508 e. The zero-order chi connectivity index (χ0) is 21.0. The van der Waals surface area contributed by atoms with Crippen molar-refractivity contribution in [1.29, 1.82) is 0 Å². The van der Waals surface area contributed by atoms with E-state index in [-0.39, 0.29) is 11.5 Å². The molecule has 0 radical (unpaired) electrons. The molecular weight excluding hydrogens is 380 g/mol. The van der Waals surface area contributed by atoms with Gasteiger partial charge in [-0.05, 0) is 64.0 Å². The summed E-state index contributed by atoms with van der Waals surface area (Å²) >= 11 is 0. The maximum Gasteiger partial charge on any atom is 0.173 e. The molecule has 154 valence electrons. The van der Waals surface area contributed by atoms with Crippen molar-refractivity contribution < 1.29 is 24.1 Å². The molecule has 2 aromatic carbocycles. The van der Waals surface area contributed by atoms with E-state index >= 15 is 0 Å². The van der Waals surface area contributed by atoms with E-state index in [4.69, 9.17) is 13.9 Å². The molecule has 0 saturated heterocycles. The average molecular weight is 404 g/mol. The number of phenolic OH excluding ortho intramolecular Hbond substituents is 2. The predicted octanol–water partition coefficient (Wildman–Crippen LogP) is 6.31. The fourth-order valence-electron chi connectivity index (χ4n) is 4.17. The lowest BCUT2D eigenvalue weighted by Gasteiger charge is -2.31. The molecule has 5 heteroatoms. The van der Waals surface area contributed by atoms with E-state index in [1.165, 1.54) is 5.57 Å². The van der Waals surface area contributed by atoms with Gasteiger partial charge in [-0.3, -0.25) is 0 Å². The standard InChI is InChI=1S/C25H24O5/c1-14(2)5-4-9-25(3)10-8-17-23-18(12-20(27)24(17)30-25)19-13-28-21-11-15(26)6-7-16(21)22(19)29-23/h5-8,10-12,26-27H,4,9,13H2,1-3H3/t25-/m1/s1. The van der Waals surface area contributed by atoms with Gasteiger partial charge in [0.1, 0.15) is 35.1 Å². The van der Waals surface area contributed by atoms with Gasteiger partial charge in [0.2, 0.25) is 0 Å². The van der Waals surface area contributed by atoms with Crippen molar-refractivity contribution in [3.63, 3.8) is 0 Å². The number of hydrogen-bond donors (Lipinski definition) is 2. The van der Waals surface area contributed by atoms with Crippen molar-refractivity contribution in [3.05, 3.63) is 53.1 Å². The Morgan fingerprint density at radius 3 is 2.83 bits per heavy atom. The van der Waals surface area contributed by atoms with Crippen LogP contribution in [0.4, 0.5) is 0 Å². The molecule has 0 amide bonds. The SMILES string of the molecule is CC(C)=CCC[C@]1(C)C=Cc2c(c(O)cc3c4c(oc23)-c2ccc(O)cc2OC4)O1. The van der Waals surface area contributed by atoms with Crippen LogP contribution < -0.4 is 9.47 Å². The Kier molecular flexibility index (Phi) is 4.10. The summed E-state index contributed by atoms with van der Waals surface area (Å²) in [6, 6.07) is 6.67.